The van der Waals surface area contributed by atoms with Gasteiger partial charge in [0.15, 0.2) is 0 Å². The van der Waals surface area contributed by atoms with Crippen molar-refractivity contribution in [2.75, 3.05) is 7.11 Å². The zero-order valence-corrected chi connectivity index (χ0v) is 9.73. The fourth-order valence-electron chi connectivity index (χ4n) is 2.13. The van der Waals surface area contributed by atoms with Crippen molar-refractivity contribution in [3.63, 3.8) is 0 Å². The van der Waals surface area contributed by atoms with Gasteiger partial charge in [0.2, 0.25) is 5.56 Å². The van der Waals surface area contributed by atoms with E-state index in [-0.39, 0.29) is 23.6 Å². The summed E-state index contributed by atoms with van der Waals surface area (Å²) >= 11 is 0. The van der Waals surface area contributed by atoms with Crippen molar-refractivity contribution in [1.29, 1.82) is 0 Å². The third-order valence-corrected chi connectivity index (χ3v) is 3.07. The van der Waals surface area contributed by atoms with Gasteiger partial charge in [0.1, 0.15) is 5.69 Å². The van der Waals surface area contributed by atoms with Crippen molar-refractivity contribution >= 4 is 5.91 Å². The maximum absolute atomic E-state index is 11.8. The topological polar surface area (TPSA) is 71.2 Å². The number of carbonyl (C=O) groups excluding carboxylic acids is 1. The molecule has 1 fully saturated rings. The summed E-state index contributed by atoms with van der Waals surface area (Å²) < 4.78 is 5.24. The minimum Gasteiger partial charge on any atom is -0.381 e. The lowest BCUT2D eigenvalue weighted by molar-refractivity contribution is 0.0910. The van der Waals surface area contributed by atoms with E-state index in [4.69, 9.17) is 4.74 Å². The highest BCUT2D eigenvalue weighted by atomic mass is 16.5. The zero-order chi connectivity index (χ0) is 12.3. The van der Waals surface area contributed by atoms with E-state index in [1.54, 1.807) is 19.2 Å². The Hall–Kier alpha value is -1.62. The number of ether oxygens (including phenoxy) is 1. The Kier molecular flexibility index (Phi) is 3.58. The molecule has 0 aromatic carbocycles. The Bertz CT molecular complexity index is 455. The molecule has 1 saturated carbocycles. The normalized spacial score (nSPS) is 23.6. The van der Waals surface area contributed by atoms with Gasteiger partial charge in [0, 0.05) is 19.2 Å². The predicted molar refractivity (Wildman–Crippen MR) is 63.0 cm³/mol. The number of rotatable bonds is 3. The van der Waals surface area contributed by atoms with Crippen molar-refractivity contribution in [1.82, 2.24) is 10.3 Å². The number of hydrogen-bond acceptors (Lipinski definition) is 3. The van der Waals surface area contributed by atoms with Crippen molar-refractivity contribution in [3.8, 4) is 0 Å². The summed E-state index contributed by atoms with van der Waals surface area (Å²) in [5.41, 5.74) is 0.0391. The molecule has 0 spiro atoms. The van der Waals surface area contributed by atoms with E-state index in [0.29, 0.717) is 5.69 Å². The molecule has 5 heteroatoms. The zero-order valence-electron chi connectivity index (χ0n) is 9.73. The smallest absolute Gasteiger partial charge is 0.268 e. The van der Waals surface area contributed by atoms with E-state index >= 15 is 0 Å². The summed E-state index contributed by atoms with van der Waals surface area (Å²) in [6.45, 7) is 0. The number of aromatic nitrogens is 1. The van der Waals surface area contributed by atoms with E-state index in [2.05, 4.69) is 10.3 Å². The molecule has 0 saturated heterocycles. The van der Waals surface area contributed by atoms with Crippen LogP contribution in [-0.2, 0) is 4.74 Å². The van der Waals surface area contributed by atoms with Gasteiger partial charge in [-0.2, -0.15) is 0 Å². The molecule has 2 atom stereocenters. The van der Waals surface area contributed by atoms with Crippen LogP contribution in [0.25, 0.3) is 0 Å². The highest BCUT2D eigenvalue weighted by molar-refractivity contribution is 5.92. The lowest BCUT2D eigenvalue weighted by Gasteiger charge is -2.12. The lowest BCUT2D eigenvalue weighted by Crippen LogP contribution is -2.34. The third-order valence-electron chi connectivity index (χ3n) is 3.07. The van der Waals surface area contributed by atoms with Gasteiger partial charge < -0.3 is 15.0 Å². The Labute approximate surface area is 99.2 Å². The second kappa shape index (κ2) is 5.14. The highest BCUT2D eigenvalue weighted by Crippen LogP contribution is 2.21. The van der Waals surface area contributed by atoms with Crippen LogP contribution in [0.2, 0.25) is 0 Å². The minimum absolute atomic E-state index is 0.135. The third kappa shape index (κ3) is 2.94. The molecule has 5 nitrogen and oxygen atoms in total. The maximum atomic E-state index is 11.8. The van der Waals surface area contributed by atoms with Gasteiger partial charge in [0.05, 0.1) is 6.10 Å². The number of H-pyrrole nitrogens is 1. The van der Waals surface area contributed by atoms with Gasteiger partial charge in [0.25, 0.3) is 5.91 Å². The molecule has 17 heavy (non-hydrogen) atoms. The first-order valence-electron chi connectivity index (χ1n) is 5.72. The summed E-state index contributed by atoms with van der Waals surface area (Å²) in [6, 6.07) is 4.68. The SMILES string of the molecule is COC1CCC(NC(=O)c2cccc(=O)[nH]2)C1. The summed E-state index contributed by atoms with van der Waals surface area (Å²) in [7, 11) is 1.68. The van der Waals surface area contributed by atoms with Gasteiger partial charge in [-0.1, -0.05) is 6.07 Å². The van der Waals surface area contributed by atoms with E-state index < -0.39 is 0 Å². The molecule has 1 aromatic rings. The monoisotopic (exact) mass is 236 g/mol. The molecule has 1 aliphatic carbocycles. The second-order valence-electron chi connectivity index (χ2n) is 4.27. The highest BCUT2D eigenvalue weighted by Gasteiger charge is 2.25. The van der Waals surface area contributed by atoms with Crippen LogP contribution in [0.5, 0.6) is 0 Å². The number of amides is 1. The van der Waals surface area contributed by atoms with E-state index in [9.17, 15) is 9.59 Å². The summed E-state index contributed by atoms with van der Waals surface area (Å²) in [4.78, 5) is 25.4. The Morgan fingerprint density at radius 1 is 1.47 bits per heavy atom. The molecule has 1 aliphatic rings. The van der Waals surface area contributed by atoms with Gasteiger partial charge in [-0.25, -0.2) is 0 Å². The molecule has 0 bridgehead atoms. The fraction of sp³-hybridized carbons (Fsp3) is 0.500. The minimum atomic E-state index is -0.265. The molecule has 2 unspecified atom stereocenters. The average molecular weight is 236 g/mol. The molecular weight excluding hydrogens is 220 g/mol. The number of hydrogen-bond donors (Lipinski definition) is 2. The summed E-state index contributed by atoms with van der Waals surface area (Å²) in [5.74, 6) is -0.232. The van der Waals surface area contributed by atoms with Gasteiger partial charge in [-0.15, -0.1) is 0 Å². The Balaban J connectivity index is 1.96. The predicted octanol–water partition coefficient (Wildman–Crippen LogP) is 0.672. The number of nitrogens with one attached hydrogen (secondary N) is 2. The standard InChI is InChI=1S/C12H16N2O3/c1-17-9-6-5-8(7-9)13-12(16)10-3-2-4-11(15)14-10/h2-4,8-9H,5-7H2,1H3,(H,13,16)(H,14,15). The Morgan fingerprint density at radius 3 is 2.94 bits per heavy atom. The van der Waals surface area contributed by atoms with Crippen LogP contribution in [0.3, 0.4) is 0 Å². The van der Waals surface area contributed by atoms with Crippen molar-refractivity contribution < 1.29 is 9.53 Å². The van der Waals surface area contributed by atoms with Crippen molar-refractivity contribution in [2.24, 2.45) is 0 Å². The number of carbonyl (C=O) groups is 1. The average Bonchev–Trinajstić information content (AvgIpc) is 2.77. The number of aromatic amines is 1. The van der Waals surface area contributed by atoms with Gasteiger partial charge in [-0.3, -0.25) is 9.59 Å². The first-order chi connectivity index (χ1) is 8.19. The largest absolute Gasteiger partial charge is 0.381 e. The lowest BCUT2D eigenvalue weighted by atomic mass is 10.2. The molecule has 1 heterocycles. The molecule has 0 radical (unpaired) electrons. The maximum Gasteiger partial charge on any atom is 0.268 e. The van der Waals surface area contributed by atoms with Crippen LogP contribution >= 0.6 is 0 Å². The molecule has 92 valence electrons. The molecular formula is C12H16N2O3. The summed E-state index contributed by atoms with van der Waals surface area (Å²) in [5, 5.41) is 2.90. The van der Waals surface area contributed by atoms with Crippen LogP contribution < -0.4 is 10.9 Å². The van der Waals surface area contributed by atoms with Gasteiger partial charge >= 0.3 is 0 Å². The van der Waals surface area contributed by atoms with Crippen LogP contribution in [0.15, 0.2) is 23.0 Å². The number of pyridine rings is 1. The van der Waals surface area contributed by atoms with E-state index in [1.165, 1.54) is 6.07 Å². The van der Waals surface area contributed by atoms with Crippen LogP contribution in [0, 0.1) is 0 Å². The molecule has 2 rings (SSSR count). The number of methoxy groups -OCH3 is 1. The van der Waals surface area contributed by atoms with Crippen molar-refractivity contribution in [3.05, 3.63) is 34.2 Å². The fourth-order valence-corrected chi connectivity index (χ4v) is 2.13. The quantitative estimate of drug-likeness (QED) is 0.810. The first kappa shape index (κ1) is 11.9. The van der Waals surface area contributed by atoms with Crippen LogP contribution in [0.1, 0.15) is 29.8 Å². The summed E-state index contributed by atoms with van der Waals surface area (Å²) in [6.07, 6.45) is 2.95. The molecule has 0 aliphatic heterocycles. The van der Waals surface area contributed by atoms with Crippen LogP contribution in [0.4, 0.5) is 0 Å². The van der Waals surface area contributed by atoms with Crippen molar-refractivity contribution in [2.45, 2.75) is 31.4 Å². The first-order valence-corrected chi connectivity index (χ1v) is 5.72. The van der Waals surface area contributed by atoms with Crippen LogP contribution in [-0.4, -0.2) is 30.1 Å². The Morgan fingerprint density at radius 2 is 2.29 bits per heavy atom. The van der Waals surface area contributed by atoms with E-state index in [0.717, 1.165) is 19.3 Å². The molecule has 1 amide bonds. The molecule has 1 aromatic heterocycles. The second-order valence-corrected chi connectivity index (χ2v) is 4.27. The molecule has 2 N–H and O–H groups in total. The van der Waals surface area contributed by atoms with E-state index in [1.807, 2.05) is 0 Å². The van der Waals surface area contributed by atoms with Gasteiger partial charge in [-0.05, 0) is 25.3 Å².